The van der Waals surface area contributed by atoms with Crippen LogP contribution in [0.2, 0.25) is 0 Å². The zero-order chi connectivity index (χ0) is 21.0. The van der Waals surface area contributed by atoms with Crippen LogP contribution in [-0.2, 0) is 16.0 Å². The number of hydrogen-bond donors (Lipinski definition) is 1. The van der Waals surface area contributed by atoms with Crippen molar-refractivity contribution in [1.82, 2.24) is 10.2 Å². The van der Waals surface area contributed by atoms with Crippen LogP contribution in [0.15, 0.2) is 24.3 Å². The lowest BCUT2D eigenvalue weighted by Crippen LogP contribution is -2.37. The third-order valence-corrected chi connectivity index (χ3v) is 7.19. The number of benzene rings is 1. The fourth-order valence-corrected chi connectivity index (χ4v) is 5.29. The molecule has 1 heterocycles. The normalized spacial score (nSPS) is 26.1. The summed E-state index contributed by atoms with van der Waals surface area (Å²) in [6.07, 6.45) is 4.30. The highest BCUT2D eigenvalue weighted by atomic mass is 16.5. The summed E-state index contributed by atoms with van der Waals surface area (Å²) in [7, 11) is 1.67. The highest BCUT2D eigenvalue weighted by Crippen LogP contribution is 2.45. The first-order valence-corrected chi connectivity index (χ1v) is 11.2. The highest BCUT2D eigenvalue weighted by molar-refractivity contribution is 5.80. The quantitative estimate of drug-likeness (QED) is 0.688. The van der Waals surface area contributed by atoms with Crippen molar-refractivity contribution in [3.05, 3.63) is 29.8 Å². The van der Waals surface area contributed by atoms with Crippen LogP contribution in [0.3, 0.4) is 0 Å². The largest absolute Gasteiger partial charge is 0.497 e. The molecule has 1 aromatic carbocycles. The van der Waals surface area contributed by atoms with Gasteiger partial charge in [0.25, 0.3) is 0 Å². The Morgan fingerprint density at radius 3 is 2.55 bits per heavy atom. The van der Waals surface area contributed by atoms with Gasteiger partial charge in [-0.05, 0) is 61.1 Å². The molecule has 5 heteroatoms. The Morgan fingerprint density at radius 2 is 1.93 bits per heavy atom. The molecular weight excluding hydrogens is 364 g/mol. The van der Waals surface area contributed by atoms with Gasteiger partial charge in [0.2, 0.25) is 11.8 Å². The number of nitrogens with one attached hydrogen (secondary N) is 1. The van der Waals surface area contributed by atoms with Gasteiger partial charge >= 0.3 is 0 Å². The number of methoxy groups -OCH3 is 1. The van der Waals surface area contributed by atoms with Gasteiger partial charge in [0.05, 0.1) is 7.11 Å². The van der Waals surface area contributed by atoms with Crippen LogP contribution in [0.5, 0.6) is 5.75 Å². The molecule has 5 nitrogen and oxygen atoms in total. The van der Waals surface area contributed by atoms with E-state index in [0.717, 1.165) is 38.0 Å². The first-order chi connectivity index (χ1) is 14.0. The summed E-state index contributed by atoms with van der Waals surface area (Å²) < 4.78 is 5.22. The van der Waals surface area contributed by atoms with E-state index in [2.05, 4.69) is 43.1 Å². The molecule has 0 spiro atoms. The van der Waals surface area contributed by atoms with Gasteiger partial charge in [-0.1, -0.05) is 32.9 Å². The molecule has 2 aliphatic rings. The van der Waals surface area contributed by atoms with Crippen molar-refractivity contribution in [1.29, 1.82) is 0 Å². The molecule has 29 heavy (non-hydrogen) atoms. The van der Waals surface area contributed by atoms with Gasteiger partial charge in [0, 0.05) is 31.5 Å². The summed E-state index contributed by atoms with van der Waals surface area (Å²) in [5.74, 6) is 2.71. The molecule has 1 aliphatic carbocycles. The first kappa shape index (κ1) is 21.7. The Hall–Kier alpha value is -2.04. The molecule has 1 aliphatic heterocycles. The van der Waals surface area contributed by atoms with E-state index in [1.807, 2.05) is 12.1 Å². The number of carbonyl (C=O) groups excluding carboxylic acids is 2. The van der Waals surface area contributed by atoms with Crippen molar-refractivity contribution in [3.63, 3.8) is 0 Å². The van der Waals surface area contributed by atoms with Gasteiger partial charge in [-0.2, -0.15) is 0 Å². The summed E-state index contributed by atoms with van der Waals surface area (Å²) >= 11 is 0. The van der Waals surface area contributed by atoms with E-state index in [-0.39, 0.29) is 17.7 Å². The number of nitrogens with zero attached hydrogens (tertiary/aromatic N) is 1. The highest BCUT2D eigenvalue weighted by Gasteiger charge is 2.50. The molecule has 2 amide bonds. The monoisotopic (exact) mass is 400 g/mol. The maximum absolute atomic E-state index is 12.7. The second kappa shape index (κ2) is 9.64. The third kappa shape index (κ3) is 4.76. The van der Waals surface area contributed by atoms with E-state index in [0.29, 0.717) is 36.8 Å². The second-order valence-electron chi connectivity index (χ2n) is 8.76. The topological polar surface area (TPSA) is 58.6 Å². The van der Waals surface area contributed by atoms with Gasteiger partial charge in [-0.3, -0.25) is 9.59 Å². The summed E-state index contributed by atoms with van der Waals surface area (Å²) in [6, 6.07) is 8.42. The van der Waals surface area contributed by atoms with Gasteiger partial charge in [0.15, 0.2) is 0 Å². The minimum atomic E-state index is 0.105. The number of carbonyl (C=O) groups is 2. The number of rotatable bonds is 9. The van der Waals surface area contributed by atoms with Crippen LogP contribution in [0.4, 0.5) is 0 Å². The number of fused-ring (bicyclic) bond motifs is 1. The van der Waals surface area contributed by atoms with Gasteiger partial charge < -0.3 is 15.0 Å². The van der Waals surface area contributed by atoms with E-state index >= 15 is 0 Å². The van der Waals surface area contributed by atoms with Crippen LogP contribution in [-0.4, -0.2) is 43.0 Å². The molecule has 4 atom stereocenters. The molecule has 2 fully saturated rings. The van der Waals surface area contributed by atoms with Gasteiger partial charge in [0.1, 0.15) is 5.75 Å². The lowest BCUT2D eigenvalue weighted by atomic mass is 9.88. The van der Waals surface area contributed by atoms with Crippen LogP contribution in [0.25, 0.3) is 0 Å². The smallest absolute Gasteiger partial charge is 0.223 e. The molecule has 160 valence electrons. The molecular formula is C24H36N2O3. The molecule has 1 saturated carbocycles. The van der Waals surface area contributed by atoms with E-state index in [1.54, 1.807) is 7.11 Å². The van der Waals surface area contributed by atoms with Crippen molar-refractivity contribution in [2.24, 2.45) is 23.7 Å². The Labute approximate surface area is 175 Å². The number of likely N-dealkylation sites (tertiary alicyclic amines) is 1. The minimum absolute atomic E-state index is 0.105. The van der Waals surface area contributed by atoms with Crippen molar-refractivity contribution >= 4 is 11.8 Å². The van der Waals surface area contributed by atoms with E-state index in [9.17, 15) is 9.59 Å². The molecule has 1 N–H and O–H groups in total. The van der Waals surface area contributed by atoms with Crippen molar-refractivity contribution < 1.29 is 14.3 Å². The van der Waals surface area contributed by atoms with Crippen molar-refractivity contribution in [2.45, 2.75) is 58.9 Å². The number of hydrogen-bond acceptors (Lipinski definition) is 3. The average molecular weight is 401 g/mol. The van der Waals surface area contributed by atoms with E-state index in [4.69, 9.17) is 4.74 Å². The lowest BCUT2D eigenvalue weighted by molar-refractivity contribution is -0.129. The zero-order valence-electron chi connectivity index (χ0n) is 18.3. The van der Waals surface area contributed by atoms with Crippen LogP contribution < -0.4 is 10.1 Å². The van der Waals surface area contributed by atoms with Gasteiger partial charge in [-0.25, -0.2) is 0 Å². The fraction of sp³-hybridized carbons (Fsp3) is 0.667. The molecule has 0 radical (unpaired) electrons. The fourth-order valence-electron chi connectivity index (χ4n) is 5.29. The third-order valence-electron chi connectivity index (χ3n) is 7.19. The summed E-state index contributed by atoms with van der Waals surface area (Å²) in [5, 5.41) is 3.19. The SMILES string of the molecule is CCC(CC)C(=O)NC[C@H]1[C@@H]2CC(=O)N(CCc3ccc(OC)cc3)[C@@H]2C[C@@H]1C. The van der Waals surface area contributed by atoms with Crippen LogP contribution >= 0.6 is 0 Å². The number of ether oxygens (including phenoxy) is 1. The Morgan fingerprint density at radius 1 is 1.24 bits per heavy atom. The standard InChI is InChI=1S/C24H36N2O3/c1-5-18(6-2)24(28)25-15-21-16(3)13-22-20(21)14-23(27)26(22)12-11-17-7-9-19(29-4)10-8-17/h7-10,16,18,20-22H,5-6,11-15H2,1-4H3,(H,25,28)/t16-,20-,21+,22+/m0/s1. The van der Waals surface area contributed by atoms with E-state index in [1.165, 1.54) is 5.56 Å². The first-order valence-electron chi connectivity index (χ1n) is 11.2. The van der Waals surface area contributed by atoms with Crippen molar-refractivity contribution in [2.75, 3.05) is 20.2 Å². The summed E-state index contributed by atoms with van der Waals surface area (Å²) in [4.78, 5) is 27.2. The summed E-state index contributed by atoms with van der Waals surface area (Å²) in [6.45, 7) is 7.89. The van der Waals surface area contributed by atoms with Crippen molar-refractivity contribution in [3.8, 4) is 5.75 Å². The Balaban J connectivity index is 1.57. The Bertz CT molecular complexity index is 699. The molecule has 0 aromatic heterocycles. The maximum Gasteiger partial charge on any atom is 0.223 e. The Kier molecular flexibility index (Phi) is 7.20. The second-order valence-corrected chi connectivity index (χ2v) is 8.76. The zero-order valence-corrected chi connectivity index (χ0v) is 18.3. The number of amides is 2. The predicted octanol–water partition coefficient (Wildman–Crippen LogP) is 3.66. The molecule has 1 saturated heterocycles. The van der Waals surface area contributed by atoms with Crippen LogP contribution in [0, 0.1) is 23.7 Å². The van der Waals surface area contributed by atoms with E-state index < -0.39 is 0 Å². The summed E-state index contributed by atoms with van der Waals surface area (Å²) in [5.41, 5.74) is 1.22. The van der Waals surface area contributed by atoms with Gasteiger partial charge in [-0.15, -0.1) is 0 Å². The maximum atomic E-state index is 12.7. The molecule has 0 unspecified atom stereocenters. The van der Waals surface area contributed by atoms with Crippen LogP contribution in [0.1, 0.15) is 52.0 Å². The molecule has 3 rings (SSSR count). The molecule has 0 bridgehead atoms. The average Bonchev–Trinajstić information content (AvgIpc) is 3.19. The lowest BCUT2D eigenvalue weighted by Gasteiger charge is -2.25. The minimum Gasteiger partial charge on any atom is -0.497 e. The molecule has 1 aromatic rings. The predicted molar refractivity (Wildman–Crippen MR) is 115 cm³/mol.